The first kappa shape index (κ1) is 32.9. The molecular weight excluding hydrogens is 542 g/mol. The van der Waals surface area contributed by atoms with Crippen molar-refractivity contribution < 1.29 is 29.0 Å². The van der Waals surface area contributed by atoms with Crippen molar-refractivity contribution in [2.45, 2.75) is 90.9 Å². The van der Waals surface area contributed by atoms with E-state index in [4.69, 9.17) is 10.5 Å². The number of nitrogens with zero attached hydrogens (tertiary/aromatic N) is 1. The number of nitrogens with two attached hydrogens (primary N) is 1. The van der Waals surface area contributed by atoms with Crippen molar-refractivity contribution in [3.05, 3.63) is 28.2 Å². The van der Waals surface area contributed by atoms with Crippen molar-refractivity contribution in [1.29, 1.82) is 0 Å². The van der Waals surface area contributed by atoms with Crippen LogP contribution in [0.25, 0.3) is 0 Å². The van der Waals surface area contributed by atoms with Crippen LogP contribution in [0.15, 0.2) is 17.5 Å². The zero-order chi connectivity index (χ0) is 29.3. The minimum Gasteiger partial charge on any atom is -0.366 e. The van der Waals surface area contributed by atoms with Gasteiger partial charge in [-0.1, -0.05) is 51.6 Å². The van der Waals surface area contributed by atoms with Gasteiger partial charge in [-0.15, -0.1) is 11.3 Å². The standard InChI is InChI=1S/C26H41N5O6S2/c1-14(2)20(27)24(35)38-10-8-7-9-16-11-18(32)28-12-19-29-17(13-39-19)22(33)31-26(5,6)25(36)30-21(15(3)4)23(34)37-16/h7,9,13-16,20-21,23,34H,8,10-12,27H2,1-6H3,(H,28,32)(H,30,36)(H,31,33)/b9-7+/t16-,20+,21+,23?/m1/s1. The molecule has 0 radical (unpaired) electrons. The molecule has 218 valence electrons. The van der Waals surface area contributed by atoms with Gasteiger partial charge in [-0.3, -0.25) is 19.2 Å². The predicted molar refractivity (Wildman–Crippen MR) is 152 cm³/mol. The van der Waals surface area contributed by atoms with Gasteiger partial charge in [-0.25, -0.2) is 4.98 Å². The molecule has 1 aromatic heterocycles. The summed E-state index contributed by atoms with van der Waals surface area (Å²) in [4.78, 5) is 54.9. The molecule has 0 aromatic carbocycles. The number of thiazole rings is 1. The van der Waals surface area contributed by atoms with Gasteiger partial charge in [0.25, 0.3) is 5.91 Å². The fourth-order valence-corrected chi connectivity index (χ4v) is 5.13. The van der Waals surface area contributed by atoms with Crippen LogP contribution in [-0.2, 0) is 25.7 Å². The summed E-state index contributed by atoms with van der Waals surface area (Å²) in [5, 5.41) is 21.2. The average molecular weight is 584 g/mol. The number of allylic oxidation sites excluding steroid dienone is 1. The van der Waals surface area contributed by atoms with E-state index in [2.05, 4.69) is 20.9 Å². The number of hydrogen-bond donors (Lipinski definition) is 5. The largest absolute Gasteiger partial charge is 0.366 e. The molecule has 1 aromatic rings. The van der Waals surface area contributed by atoms with E-state index in [1.54, 1.807) is 31.4 Å². The van der Waals surface area contributed by atoms with Crippen LogP contribution in [0.2, 0.25) is 0 Å². The molecule has 0 spiro atoms. The number of aliphatic hydroxyl groups is 1. The topological polar surface area (TPSA) is 173 Å². The lowest BCUT2D eigenvalue weighted by molar-refractivity contribution is -0.159. The Morgan fingerprint density at radius 3 is 2.64 bits per heavy atom. The van der Waals surface area contributed by atoms with E-state index >= 15 is 0 Å². The molecular formula is C26H41N5O6S2. The maximum absolute atomic E-state index is 13.1. The molecule has 0 aliphatic carbocycles. The highest BCUT2D eigenvalue weighted by Gasteiger charge is 2.35. The molecule has 1 aliphatic rings. The van der Waals surface area contributed by atoms with Gasteiger partial charge in [-0.05, 0) is 32.1 Å². The number of aliphatic hydroxyl groups excluding tert-OH is 1. The fraction of sp³-hybridized carbons (Fsp3) is 0.654. The zero-order valence-electron chi connectivity index (χ0n) is 23.4. The molecule has 2 heterocycles. The maximum atomic E-state index is 13.1. The number of amides is 3. The second-order valence-corrected chi connectivity index (χ2v) is 12.7. The van der Waals surface area contributed by atoms with E-state index in [0.717, 1.165) is 11.8 Å². The van der Waals surface area contributed by atoms with Crippen molar-refractivity contribution in [3.63, 3.8) is 0 Å². The van der Waals surface area contributed by atoms with Crippen LogP contribution in [0.4, 0.5) is 0 Å². The van der Waals surface area contributed by atoms with E-state index < -0.39 is 41.8 Å². The van der Waals surface area contributed by atoms with Crippen LogP contribution in [0.5, 0.6) is 0 Å². The highest BCUT2D eigenvalue weighted by molar-refractivity contribution is 8.13. The number of carbonyl (C=O) groups is 4. The minimum absolute atomic E-state index is 0.0551. The fourth-order valence-electron chi connectivity index (χ4n) is 3.50. The zero-order valence-corrected chi connectivity index (χ0v) is 25.0. The van der Waals surface area contributed by atoms with Gasteiger partial charge in [0.2, 0.25) is 16.9 Å². The molecule has 1 unspecified atom stereocenters. The molecule has 13 heteroatoms. The first-order valence-electron chi connectivity index (χ1n) is 13.0. The van der Waals surface area contributed by atoms with Crippen molar-refractivity contribution in [1.82, 2.24) is 20.9 Å². The third kappa shape index (κ3) is 10.3. The minimum atomic E-state index is -1.44. The Labute approximate surface area is 238 Å². The van der Waals surface area contributed by atoms with Crippen LogP contribution in [-0.4, -0.2) is 68.7 Å². The molecule has 1 aliphatic heterocycles. The van der Waals surface area contributed by atoms with Crippen molar-refractivity contribution in [3.8, 4) is 0 Å². The Bertz CT molecular complexity index is 1040. The third-order valence-electron chi connectivity index (χ3n) is 6.11. The van der Waals surface area contributed by atoms with Crippen LogP contribution >= 0.6 is 23.1 Å². The quantitative estimate of drug-likeness (QED) is 0.237. The summed E-state index contributed by atoms with van der Waals surface area (Å²) in [7, 11) is 0. The van der Waals surface area contributed by atoms with E-state index in [1.807, 2.05) is 27.7 Å². The summed E-state index contributed by atoms with van der Waals surface area (Å²) in [5.74, 6) is -1.05. The van der Waals surface area contributed by atoms with E-state index in [1.165, 1.54) is 11.3 Å². The first-order chi connectivity index (χ1) is 18.2. The van der Waals surface area contributed by atoms with Crippen molar-refractivity contribution in [2.24, 2.45) is 17.6 Å². The average Bonchev–Trinajstić information content (AvgIpc) is 3.33. The third-order valence-corrected chi connectivity index (χ3v) is 7.95. The maximum Gasteiger partial charge on any atom is 0.271 e. The number of ether oxygens (including phenoxy) is 1. The van der Waals surface area contributed by atoms with Gasteiger partial charge < -0.3 is 31.5 Å². The lowest BCUT2D eigenvalue weighted by Crippen LogP contribution is -2.60. The van der Waals surface area contributed by atoms with Gasteiger partial charge in [0.05, 0.1) is 31.2 Å². The first-order valence-corrected chi connectivity index (χ1v) is 14.8. The van der Waals surface area contributed by atoms with Crippen LogP contribution in [0, 0.1) is 11.8 Å². The van der Waals surface area contributed by atoms with Gasteiger partial charge in [-0.2, -0.15) is 0 Å². The van der Waals surface area contributed by atoms with Gasteiger partial charge in [0, 0.05) is 11.1 Å². The van der Waals surface area contributed by atoms with Crippen LogP contribution < -0.4 is 21.7 Å². The van der Waals surface area contributed by atoms with Gasteiger partial charge in [0.1, 0.15) is 16.2 Å². The molecule has 39 heavy (non-hydrogen) atoms. The second kappa shape index (κ2) is 14.9. The smallest absolute Gasteiger partial charge is 0.271 e. The summed E-state index contributed by atoms with van der Waals surface area (Å²) in [5.41, 5.74) is 4.74. The summed E-state index contributed by atoms with van der Waals surface area (Å²) in [6.07, 6.45) is 1.65. The number of hydrogen-bond acceptors (Lipinski definition) is 10. The van der Waals surface area contributed by atoms with Crippen LogP contribution in [0.1, 0.15) is 69.9 Å². The van der Waals surface area contributed by atoms with Crippen molar-refractivity contribution in [2.75, 3.05) is 5.75 Å². The van der Waals surface area contributed by atoms with E-state index in [9.17, 15) is 24.3 Å². The molecule has 0 fully saturated rings. The number of aromatic nitrogens is 1. The number of fused-ring (bicyclic) bond motifs is 2. The SMILES string of the molecule is CC(C)[C@@H]1NC(=O)C(C)(C)NC(=O)c2csc(n2)CNC(=O)C[C@@H](/C=C/CCSC(=O)[C@@H](N)C(C)C)OC1O. The second-order valence-electron chi connectivity index (χ2n) is 10.6. The summed E-state index contributed by atoms with van der Waals surface area (Å²) in [6.45, 7) is 10.6. The molecule has 4 atom stereocenters. The summed E-state index contributed by atoms with van der Waals surface area (Å²) < 4.78 is 5.86. The Balaban J connectivity index is 2.21. The molecule has 0 saturated heterocycles. The lowest BCUT2D eigenvalue weighted by Gasteiger charge is -2.33. The normalized spacial score (nSPS) is 23.9. The molecule has 6 N–H and O–H groups in total. The Hall–Kier alpha value is -2.32. The molecule has 2 rings (SSSR count). The highest BCUT2D eigenvalue weighted by Crippen LogP contribution is 2.18. The van der Waals surface area contributed by atoms with E-state index in [-0.39, 0.29) is 41.5 Å². The number of nitrogens with one attached hydrogen (secondary N) is 3. The summed E-state index contributed by atoms with van der Waals surface area (Å²) in [6, 6.07) is -1.35. The predicted octanol–water partition coefficient (Wildman–Crippen LogP) is 1.71. The lowest BCUT2D eigenvalue weighted by atomic mass is 9.99. The van der Waals surface area contributed by atoms with Crippen molar-refractivity contribution >= 4 is 45.9 Å². The van der Waals surface area contributed by atoms with Gasteiger partial charge in [0.15, 0.2) is 6.29 Å². The number of carbonyl (C=O) groups excluding carboxylic acids is 4. The number of thioether (sulfide) groups is 1. The Kier molecular flexibility index (Phi) is 12.6. The monoisotopic (exact) mass is 583 g/mol. The molecule has 2 bridgehead atoms. The summed E-state index contributed by atoms with van der Waals surface area (Å²) >= 11 is 2.37. The van der Waals surface area contributed by atoms with E-state index in [0.29, 0.717) is 17.2 Å². The number of rotatable bonds is 7. The van der Waals surface area contributed by atoms with Gasteiger partial charge >= 0.3 is 0 Å². The molecule has 11 nitrogen and oxygen atoms in total. The highest BCUT2D eigenvalue weighted by atomic mass is 32.2. The molecule has 3 amide bonds. The Morgan fingerprint density at radius 1 is 1.31 bits per heavy atom. The van der Waals surface area contributed by atoms with Crippen LogP contribution in [0.3, 0.4) is 0 Å². The molecule has 0 saturated carbocycles. The Morgan fingerprint density at radius 2 is 2.00 bits per heavy atom.